The third-order valence-electron chi connectivity index (χ3n) is 2.92. The van der Waals surface area contributed by atoms with Crippen LogP contribution >= 0.6 is 38.5 Å². The summed E-state index contributed by atoms with van der Waals surface area (Å²) >= 11 is 5.73. The van der Waals surface area contributed by atoms with Gasteiger partial charge in [0, 0.05) is 13.6 Å². The maximum absolute atomic E-state index is 5.39. The molecule has 1 aromatic heterocycles. The molecule has 0 saturated carbocycles. The van der Waals surface area contributed by atoms with Crippen molar-refractivity contribution in [2.24, 2.45) is 0 Å². The minimum Gasteiger partial charge on any atom is -0.480 e. The summed E-state index contributed by atoms with van der Waals surface area (Å²) in [6.45, 7) is 0. The number of nitrogens with zero attached hydrogens (tertiary/aromatic N) is 2. The summed E-state index contributed by atoms with van der Waals surface area (Å²) in [6.07, 6.45) is 0. The van der Waals surface area contributed by atoms with Gasteiger partial charge < -0.3 is 4.74 Å². The molecule has 3 aromatic rings. The fourth-order valence-electron chi connectivity index (χ4n) is 1.96. The van der Waals surface area contributed by atoms with Gasteiger partial charge >= 0.3 is 0 Å². The Kier molecular flexibility index (Phi) is 3.89. The lowest BCUT2D eigenvalue weighted by Crippen LogP contribution is -1.96. The van der Waals surface area contributed by atoms with Gasteiger partial charge in [-0.1, -0.05) is 28.1 Å². The van der Waals surface area contributed by atoms with E-state index in [2.05, 4.69) is 48.5 Å². The minimum atomic E-state index is 0.588. The molecule has 0 saturated heterocycles. The Balaban J connectivity index is 2.22. The van der Waals surface area contributed by atoms with Crippen LogP contribution in [0.4, 0.5) is 0 Å². The Morgan fingerprint density at radius 3 is 2.50 bits per heavy atom. The van der Waals surface area contributed by atoms with Gasteiger partial charge in [0.25, 0.3) is 0 Å². The first-order valence-electron chi connectivity index (χ1n) is 5.94. The average Bonchev–Trinajstić information content (AvgIpc) is 2.47. The summed E-state index contributed by atoms with van der Waals surface area (Å²) in [7, 11) is 1.63. The van der Waals surface area contributed by atoms with Crippen molar-refractivity contribution in [2.75, 3.05) is 7.11 Å². The van der Waals surface area contributed by atoms with E-state index in [1.54, 1.807) is 7.11 Å². The van der Waals surface area contributed by atoms with E-state index in [0.717, 1.165) is 20.9 Å². The van der Waals surface area contributed by atoms with Gasteiger partial charge in [-0.25, -0.2) is 4.98 Å². The summed E-state index contributed by atoms with van der Waals surface area (Å²) in [6, 6.07) is 14.0. The Hall–Kier alpha value is -1.21. The summed E-state index contributed by atoms with van der Waals surface area (Å²) in [5, 5.41) is 0.899. The first kappa shape index (κ1) is 13.8. The maximum Gasteiger partial charge on any atom is 0.224 e. The van der Waals surface area contributed by atoms with Crippen molar-refractivity contribution in [3.8, 4) is 17.3 Å². The number of aromatic nitrogens is 2. The topological polar surface area (TPSA) is 35.0 Å². The number of ether oxygens (including phenoxy) is 1. The number of fused-ring (bicyclic) bond motifs is 1. The van der Waals surface area contributed by atoms with E-state index in [0.29, 0.717) is 11.7 Å². The monoisotopic (exact) mass is 440 g/mol. The Morgan fingerprint density at radius 2 is 1.80 bits per heavy atom. The summed E-state index contributed by atoms with van der Waals surface area (Å²) in [4.78, 5) is 9.11. The largest absolute Gasteiger partial charge is 0.480 e. The minimum absolute atomic E-state index is 0.588. The second-order valence-electron chi connectivity index (χ2n) is 4.22. The second kappa shape index (κ2) is 5.65. The molecule has 1 heterocycles. The molecule has 100 valence electrons. The molecule has 0 aliphatic heterocycles. The number of halogens is 2. The maximum atomic E-state index is 5.39. The van der Waals surface area contributed by atoms with Gasteiger partial charge in [-0.05, 0) is 52.9 Å². The molecule has 0 amide bonds. The normalized spacial score (nSPS) is 10.8. The van der Waals surface area contributed by atoms with E-state index in [4.69, 9.17) is 4.74 Å². The molecular formula is C15H10BrIN2O. The van der Waals surface area contributed by atoms with E-state index < -0.39 is 0 Å². The van der Waals surface area contributed by atoms with Crippen LogP contribution in [0.2, 0.25) is 0 Å². The van der Waals surface area contributed by atoms with Crippen LogP contribution in [0.15, 0.2) is 46.9 Å². The third-order valence-corrected chi connectivity index (χ3v) is 4.13. The fourth-order valence-corrected chi connectivity index (χ4v) is 2.68. The van der Waals surface area contributed by atoms with Gasteiger partial charge in [-0.15, -0.1) is 0 Å². The standard InChI is InChI=1S/C15H10BrIN2O/c1-20-15-12-8-10(16)4-7-13(12)18-14(19-15)9-2-5-11(17)6-3-9/h2-8H,1H3. The van der Waals surface area contributed by atoms with Gasteiger partial charge in [0.2, 0.25) is 5.88 Å². The fraction of sp³-hybridized carbons (Fsp3) is 0.0667. The van der Waals surface area contributed by atoms with Crippen LogP contribution in [0, 0.1) is 3.57 Å². The predicted octanol–water partition coefficient (Wildman–Crippen LogP) is 4.67. The number of hydrogen-bond donors (Lipinski definition) is 0. The zero-order chi connectivity index (χ0) is 14.1. The molecule has 0 unspecified atom stereocenters. The van der Waals surface area contributed by atoms with Gasteiger partial charge in [-0.3, -0.25) is 0 Å². The first-order valence-corrected chi connectivity index (χ1v) is 7.82. The van der Waals surface area contributed by atoms with E-state index in [1.165, 1.54) is 3.57 Å². The number of methoxy groups -OCH3 is 1. The smallest absolute Gasteiger partial charge is 0.224 e. The zero-order valence-corrected chi connectivity index (χ0v) is 14.3. The molecule has 20 heavy (non-hydrogen) atoms. The lowest BCUT2D eigenvalue weighted by Gasteiger charge is -2.08. The molecule has 0 aliphatic carbocycles. The van der Waals surface area contributed by atoms with E-state index in [-0.39, 0.29) is 0 Å². The number of hydrogen-bond acceptors (Lipinski definition) is 3. The quantitative estimate of drug-likeness (QED) is 0.543. The highest BCUT2D eigenvalue weighted by atomic mass is 127. The average molecular weight is 441 g/mol. The van der Waals surface area contributed by atoms with Crippen molar-refractivity contribution < 1.29 is 4.74 Å². The molecular weight excluding hydrogens is 431 g/mol. The van der Waals surface area contributed by atoms with Crippen molar-refractivity contribution in [2.45, 2.75) is 0 Å². The van der Waals surface area contributed by atoms with Crippen molar-refractivity contribution >= 4 is 49.4 Å². The van der Waals surface area contributed by atoms with Crippen LogP contribution in [-0.4, -0.2) is 17.1 Å². The van der Waals surface area contributed by atoms with Crippen LogP contribution in [0.5, 0.6) is 5.88 Å². The van der Waals surface area contributed by atoms with E-state index in [1.807, 2.05) is 42.5 Å². The third kappa shape index (κ3) is 2.64. The molecule has 3 rings (SSSR count). The molecule has 5 heteroatoms. The molecule has 0 radical (unpaired) electrons. The Morgan fingerprint density at radius 1 is 1.05 bits per heavy atom. The highest BCUT2D eigenvalue weighted by molar-refractivity contribution is 14.1. The highest BCUT2D eigenvalue weighted by Gasteiger charge is 2.10. The van der Waals surface area contributed by atoms with Gasteiger partial charge in [0.15, 0.2) is 5.82 Å². The van der Waals surface area contributed by atoms with Gasteiger partial charge in [0.05, 0.1) is 18.0 Å². The van der Waals surface area contributed by atoms with Crippen LogP contribution < -0.4 is 4.74 Å². The first-order chi connectivity index (χ1) is 9.67. The molecule has 0 bridgehead atoms. The van der Waals surface area contributed by atoms with Crippen LogP contribution in [-0.2, 0) is 0 Å². The van der Waals surface area contributed by atoms with Crippen molar-refractivity contribution in [3.63, 3.8) is 0 Å². The van der Waals surface area contributed by atoms with Crippen molar-refractivity contribution in [1.82, 2.24) is 9.97 Å². The van der Waals surface area contributed by atoms with E-state index >= 15 is 0 Å². The molecule has 0 spiro atoms. The number of benzene rings is 2. The SMILES string of the molecule is COc1nc(-c2ccc(I)cc2)nc2ccc(Br)cc12. The van der Waals surface area contributed by atoms with Crippen LogP contribution in [0.1, 0.15) is 0 Å². The van der Waals surface area contributed by atoms with Crippen molar-refractivity contribution in [3.05, 3.63) is 50.5 Å². The van der Waals surface area contributed by atoms with Crippen molar-refractivity contribution in [1.29, 1.82) is 0 Å². The Bertz CT molecular complexity index is 775. The van der Waals surface area contributed by atoms with Crippen LogP contribution in [0.3, 0.4) is 0 Å². The molecule has 0 N–H and O–H groups in total. The van der Waals surface area contributed by atoms with Gasteiger partial charge in [-0.2, -0.15) is 4.98 Å². The van der Waals surface area contributed by atoms with E-state index in [9.17, 15) is 0 Å². The summed E-state index contributed by atoms with van der Waals surface area (Å²) < 4.78 is 7.56. The molecule has 2 aromatic carbocycles. The lowest BCUT2D eigenvalue weighted by molar-refractivity contribution is 0.403. The molecule has 0 aliphatic rings. The zero-order valence-electron chi connectivity index (χ0n) is 10.6. The molecule has 0 atom stereocenters. The highest BCUT2D eigenvalue weighted by Crippen LogP contribution is 2.28. The van der Waals surface area contributed by atoms with Gasteiger partial charge in [0.1, 0.15) is 0 Å². The Labute approximate surface area is 138 Å². The number of rotatable bonds is 2. The molecule has 0 fully saturated rings. The second-order valence-corrected chi connectivity index (χ2v) is 6.39. The lowest BCUT2D eigenvalue weighted by atomic mass is 10.2. The molecule has 3 nitrogen and oxygen atoms in total. The summed E-state index contributed by atoms with van der Waals surface area (Å²) in [5.74, 6) is 1.26. The summed E-state index contributed by atoms with van der Waals surface area (Å²) in [5.41, 5.74) is 1.85. The van der Waals surface area contributed by atoms with Crippen LogP contribution in [0.25, 0.3) is 22.3 Å². The predicted molar refractivity (Wildman–Crippen MR) is 91.9 cm³/mol.